The highest BCUT2D eigenvalue weighted by molar-refractivity contribution is 7.90. The van der Waals surface area contributed by atoms with Gasteiger partial charge in [0.15, 0.2) is 15.6 Å². The average molecular weight is 362 g/mol. The van der Waals surface area contributed by atoms with E-state index in [0.717, 1.165) is 19.3 Å². The lowest BCUT2D eigenvalue weighted by atomic mass is 10.1. The van der Waals surface area contributed by atoms with Crippen molar-refractivity contribution < 1.29 is 13.2 Å². The Balaban J connectivity index is 1.61. The lowest BCUT2D eigenvalue weighted by Gasteiger charge is -2.27. The quantitative estimate of drug-likeness (QED) is 0.574. The molecule has 0 spiro atoms. The summed E-state index contributed by atoms with van der Waals surface area (Å²) in [7, 11) is -3.23. The Bertz CT molecular complexity index is 734. The SMILES string of the molecule is CS(=O)(=O)c1ccc(C(=O)/C=C/N2CCC[C@H]2CN2CCCC2)cc1. The Morgan fingerprint density at radius 1 is 1.12 bits per heavy atom. The van der Waals surface area contributed by atoms with E-state index in [1.807, 2.05) is 6.20 Å². The number of rotatable bonds is 6. The zero-order valence-corrected chi connectivity index (χ0v) is 15.5. The van der Waals surface area contributed by atoms with E-state index in [4.69, 9.17) is 0 Å². The molecule has 1 aromatic carbocycles. The van der Waals surface area contributed by atoms with Crippen LogP contribution in [-0.4, -0.2) is 62.5 Å². The lowest BCUT2D eigenvalue weighted by molar-refractivity contribution is 0.104. The van der Waals surface area contributed by atoms with E-state index in [2.05, 4.69) is 9.80 Å². The first-order valence-corrected chi connectivity index (χ1v) is 10.8. The number of hydrogen-bond donors (Lipinski definition) is 0. The summed E-state index contributed by atoms with van der Waals surface area (Å²) in [5.41, 5.74) is 0.513. The summed E-state index contributed by atoms with van der Waals surface area (Å²) in [6, 6.07) is 6.63. The van der Waals surface area contributed by atoms with Crippen LogP contribution in [0, 0.1) is 0 Å². The third kappa shape index (κ3) is 4.70. The van der Waals surface area contributed by atoms with Gasteiger partial charge in [-0.3, -0.25) is 4.79 Å². The molecule has 2 aliphatic rings. The molecule has 0 radical (unpaired) electrons. The maximum Gasteiger partial charge on any atom is 0.187 e. The fourth-order valence-electron chi connectivity index (χ4n) is 3.64. The van der Waals surface area contributed by atoms with Crippen LogP contribution < -0.4 is 0 Å². The topological polar surface area (TPSA) is 57.7 Å². The monoisotopic (exact) mass is 362 g/mol. The maximum absolute atomic E-state index is 12.3. The Labute approximate surface area is 150 Å². The summed E-state index contributed by atoms with van der Waals surface area (Å²) >= 11 is 0. The summed E-state index contributed by atoms with van der Waals surface area (Å²) in [6.45, 7) is 4.47. The minimum absolute atomic E-state index is 0.0909. The number of sulfone groups is 1. The van der Waals surface area contributed by atoms with Gasteiger partial charge in [0.25, 0.3) is 0 Å². The van der Waals surface area contributed by atoms with Crippen LogP contribution in [0.5, 0.6) is 0 Å². The van der Waals surface area contributed by atoms with Crippen molar-refractivity contribution in [3.8, 4) is 0 Å². The van der Waals surface area contributed by atoms with Crippen molar-refractivity contribution in [3.63, 3.8) is 0 Å². The molecule has 0 aromatic heterocycles. The standard InChI is InChI=1S/C19H26N2O3S/c1-25(23,24)18-8-6-16(7-9-18)19(22)10-14-21-13-4-5-17(21)15-20-11-2-3-12-20/h6-10,14,17H,2-5,11-13,15H2,1H3/b14-10+/t17-/m0/s1. The van der Waals surface area contributed by atoms with E-state index in [1.165, 1.54) is 50.9 Å². The molecule has 0 amide bonds. The molecule has 0 N–H and O–H groups in total. The highest BCUT2D eigenvalue weighted by Crippen LogP contribution is 2.21. The Morgan fingerprint density at radius 3 is 2.44 bits per heavy atom. The first kappa shape index (κ1) is 18.1. The second kappa shape index (κ2) is 7.70. The van der Waals surface area contributed by atoms with Crippen molar-refractivity contribution in [2.45, 2.75) is 36.6 Å². The summed E-state index contributed by atoms with van der Waals surface area (Å²) in [4.78, 5) is 17.4. The molecule has 5 nitrogen and oxygen atoms in total. The summed E-state index contributed by atoms with van der Waals surface area (Å²) in [6.07, 6.45) is 9.63. The van der Waals surface area contributed by atoms with Crippen LogP contribution in [0.4, 0.5) is 0 Å². The Kier molecular flexibility index (Phi) is 5.59. The van der Waals surface area contributed by atoms with Crippen molar-refractivity contribution in [2.75, 3.05) is 32.4 Å². The zero-order valence-electron chi connectivity index (χ0n) is 14.7. The van der Waals surface area contributed by atoms with Crippen molar-refractivity contribution in [2.24, 2.45) is 0 Å². The molecule has 2 fully saturated rings. The predicted molar refractivity (Wildman–Crippen MR) is 98.4 cm³/mol. The van der Waals surface area contributed by atoms with Crippen LogP contribution in [0.15, 0.2) is 41.4 Å². The summed E-state index contributed by atoms with van der Waals surface area (Å²) in [5, 5.41) is 0. The number of likely N-dealkylation sites (tertiary alicyclic amines) is 2. The first-order chi connectivity index (χ1) is 11.9. The van der Waals surface area contributed by atoms with E-state index < -0.39 is 9.84 Å². The molecule has 3 rings (SSSR count). The molecule has 2 aliphatic heterocycles. The molecule has 25 heavy (non-hydrogen) atoms. The lowest BCUT2D eigenvalue weighted by Crippen LogP contribution is -2.36. The van der Waals surface area contributed by atoms with E-state index in [1.54, 1.807) is 18.2 Å². The molecule has 6 heteroatoms. The fourth-order valence-corrected chi connectivity index (χ4v) is 4.27. The van der Waals surface area contributed by atoms with Crippen LogP contribution >= 0.6 is 0 Å². The van der Waals surface area contributed by atoms with Gasteiger partial charge in [-0.15, -0.1) is 0 Å². The number of carbonyl (C=O) groups is 1. The van der Waals surface area contributed by atoms with E-state index >= 15 is 0 Å². The van der Waals surface area contributed by atoms with Crippen molar-refractivity contribution in [1.82, 2.24) is 9.80 Å². The minimum atomic E-state index is -3.23. The third-order valence-electron chi connectivity index (χ3n) is 5.07. The number of carbonyl (C=O) groups excluding carboxylic acids is 1. The van der Waals surface area contributed by atoms with Crippen molar-refractivity contribution in [1.29, 1.82) is 0 Å². The Morgan fingerprint density at radius 2 is 1.80 bits per heavy atom. The van der Waals surface area contributed by atoms with Crippen LogP contribution in [0.1, 0.15) is 36.0 Å². The molecule has 0 saturated carbocycles. The molecular formula is C19H26N2O3S. The van der Waals surface area contributed by atoms with E-state index in [-0.39, 0.29) is 10.7 Å². The fraction of sp³-hybridized carbons (Fsp3) is 0.526. The molecule has 0 aliphatic carbocycles. The normalized spacial score (nSPS) is 22.1. The van der Waals surface area contributed by atoms with Gasteiger partial charge in [0.2, 0.25) is 0 Å². The maximum atomic E-state index is 12.3. The molecule has 2 saturated heterocycles. The second-order valence-corrected chi connectivity index (χ2v) is 9.03. The number of ketones is 1. The first-order valence-electron chi connectivity index (χ1n) is 8.94. The van der Waals surface area contributed by atoms with Gasteiger partial charge in [0, 0.05) is 43.2 Å². The van der Waals surface area contributed by atoms with Crippen LogP contribution in [0.25, 0.3) is 0 Å². The van der Waals surface area contributed by atoms with Gasteiger partial charge in [-0.05, 0) is 63.0 Å². The van der Waals surface area contributed by atoms with Gasteiger partial charge in [-0.25, -0.2) is 8.42 Å². The van der Waals surface area contributed by atoms with Gasteiger partial charge in [-0.2, -0.15) is 0 Å². The van der Waals surface area contributed by atoms with Crippen LogP contribution in [0.2, 0.25) is 0 Å². The molecule has 1 atom stereocenters. The number of benzene rings is 1. The second-order valence-electron chi connectivity index (χ2n) is 7.02. The highest BCUT2D eigenvalue weighted by Gasteiger charge is 2.25. The van der Waals surface area contributed by atoms with E-state index in [9.17, 15) is 13.2 Å². The van der Waals surface area contributed by atoms with Crippen LogP contribution in [-0.2, 0) is 9.84 Å². The van der Waals surface area contributed by atoms with Gasteiger partial charge in [0.05, 0.1) is 4.90 Å². The zero-order chi connectivity index (χ0) is 17.9. The predicted octanol–water partition coefficient (Wildman–Crippen LogP) is 2.35. The average Bonchev–Trinajstić information content (AvgIpc) is 3.24. The molecule has 1 aromatic rings. The highest BCUT2D eigenvalue weighted by atomic mass is 32.2. The molecule has 0 unspecified atom stereocenters. The van der Waals surface area contributed by atoms with Crippen molar-refractivity contribution in [3.05, 3.63) is 42.1 Å². The van der Waals surface area contributed by atoms with Gasteiger partial charge in [0.1, 0.15) is 0 Å². The van der Waals surface area contributed by atoms with Crippen molar-refractivity contribution >= 4 is 15.6 Å². The van der Waals surface area contributed by atoms with Gasteiger partial charge < -0.3 is 9.80 Å². The number of nitrogens with zero attached hydrogens (tertiary/aromatic N) is 2. The smallest absolute Gasteiger partial charge is 0.187 e. The molecule has 2 heterocycles. The summed E-state index contributed by atoms with van der Waals surface area (Å²) < 4.78 is 23.0. The van der Waals surface area contributed by atoms with Gasteiger partial charge in [-0.1, -0.05) is 0 Å². The van der Waals surface area contributed by atoms with Gasteiger partial charge >= 0.3 is 0 Å². The van der Waals surface area contributed by atoms with E-state index in [0.29, 0.717) is 11.6 Å². The molecule has 0 bridgehead atoms. The number of allylic oxidation sites excluding steroid dienone is 1. The molecular weight excluding hydrogens is 336 g/mol. The third-order valence-corrected chi connectivity index (χ3v) is 6.20. The number of hydrogen-bond acceptors (Lipinski definition) is 5. The van der Waals surface area contributed by atoms with Crippen LogP contribution in [0.3, 0.4) is 0 Å². The largest absolute Gasteiger partial charge is 0.373 e. The Hall–Kier alpha value is -1.66. The molecule has 136 valence electrons. The minimum Gasteiger partial charge on any atom is -0.373 e. The summed E-state index contributed by atoms with van der Waals surface area (Å²) in [5.74, 6) is -0.0909.